The Morgan fingerprint density at radius 3 is 2.75 bits per heavy atom. The first-order valence-corrected chi connectivity index (χ1v) is 5.92. The fourth-order valence-corrected chi connectivity index (χ4v) is 2.47. The molecule has 0 aromatic heterocycles. The lowest BCUT2D eigenvalue weighted by Gasteiger charge is -2.45. The molecule has 1 spiro atoms. The van der Waals surface area contributed by atoms with Gasteiger partial charge >= 0.3 is 0 Å². The highest BCUT2D eigenvalue weighted by Gasteiger charge is 2.39. The second kappa shape index (κ2) is 4.55. The minimum absolute atomic E-state index is 0.0706. The predicted molar refractivity (Wildman–Crippen MR) is 62.2 cm³/mol. The topological polar surface area (TPSA) is 41.6 Å². The summed E-state index contributed by atoms with van der Waals surface area (Å²) in [5.74, 6) is 0.0706. The number of piperidine rings is 1. The maximum absolute atomic E-state index is 11.9. The van der Waals surface area contributed by atoms with Crippen LogP contribution in [0.15, 0.2) is 12.2 Å². The average molecular weight is 224 g/mol. The molecule has 2 heterocycles. The lowest BCUT2D eigenvalue weighted by Crippen LogP contribution is -2.57. The van der Waals surface area contributed by atoms with E-state index in [0.717, 1.165) is 32.5 Å². The Morgan fingerprint density at radius 2 is 2.12 bits per heavy atom. The molecule has 4 nitrogen and oxygen atoms in total. The highest BCUT2D eigenvalue weighted by Crippen LogP contribution is 2.27. The van der Waals surface area contributed by atoms with Gasteiger partial charge in [0.1, 0.15) is 0 Å². The molecule has 4 heteroatoms. The van der Waals surface area contributed by atoms with Crippen LogP contribution in [0.4, 0.5) is 0 Å². The molecule has 2 saturated heterocycles. The molecular weight excluding hydrogens is 204 g/mol. The maximum atomic E-state index is 11.9. The molecule has 2 aliphatic heterocycles. The van der Waals surface area contributed by atoms with Gasteiger partial charge in [0.05, 0.1) is 18.8 Å². The van der Waals surface area contributed by atoms with Crippen LogP contribution in [0.1, 0.15) is 19.8 Å². The number of rotatable bonds is 1. The third kappa shape index (κ3) is 2.28. The van der Waals surface area contributed by atoms with E-state index in [2.05, 4.69) is 11.9 Å². The maximum Gasteiger partial charge on any atom is 0.249 e. The van der Waals surface area contributed by atoms with Crippen LogP contribution in [0.25, 0.3) is 0 Å². The van der Waals surface area contributed by atoms with E-state index >= 15 is 0 Å². The molecule has 0 radical (unpaired) electrons. The number of carbonyl (C=O) groups is 1. The number of amides is 1. The minimum Gasteiger partial charge on any atom is -0.371 e. The molecule has 0 unspecified atom stereocenters. The third-order valence-corrected chi connectivity index (χ3v) is 3.42. The van der Waals surface area contributed by atoms with Gasteiger partial charge in [-0.05, 0) is 32.9 Å². The molecular formula is C12H20N2O2. The SMILES string of the molecule is C=C(C)C(=O)N1CCOC2(CCNCC2)C1. The molecule has 0 bridgehead atoms. The van der Waals surface area contributed by atoms with E-state index in [1.54, 1.807) is 6.92 Å². The van der Waals surface area contributed by atoms with Crippen molar-refractivity contribution < 1.29 is 9.53 Å². The lowest BCUT2D eigenvalue weighted by atomic mass is 9.90. The zero-order chi connectivity index (χ0) is 11.6. The van der Waals surface area contributed by atoms with Gasteiger partial charge in [-0.15, -0.1) is 0 Å². The number of morpholine rings is 1. The Hall–Kier alpha value is -0.870. The normalized spacial score (nSPS) is 24.4. The van der Waals surface area contributed by atoms with E-state index in [4.69, 9.17) is 4.74 Å². The summed E-state index contributed by atoms with van der Waals surface area (Å²) in [6.45, 7) is 9.52. The van der Waals surface area contributed by atoms with Gasteiger partial charge in [0.15, 0.2) is 0 Å². The molecule has 2 fully saturated rings. The summed E-state index contributed by atoms with van der Waals surface area (Å²) in [6.07, 6.45) is 1.99. The number of nitrogens with zero attached hydrogens (tertiary/aromatic N) is 1. The first-order valence-electron chi connectivity index (χ1n) is 5.92. The van der Waals surface area contributed by atoms with Crippen molar-refractivity contribution in [2.24, 2.45) is 0 Å². The Bertz CT molecular complexity index is 290. The fourth-order valence-electron chi connectivity index (χ4n) is 2.47. The first kappa shape index (κ1) is 11.6. The average Bonchev–Trinajstić information content (AvgIpc) is 2.29. The van der Waals surface area contributed by atoms with Gasteiger partial charge < -0.3 is 15.0 Å². The Morgan fingerprint density at radius 1 is 1.44 bits per heavy atom. The zero-order valence-electron chi connectivity index (χ0n) is 9.92. The van der Waals surface area contributed by atoms with Crippen LogP contribution in [0.5, 0.6) is 0 Å². The monoisotopic (exact) mass is 224 g/mol. The summed E-state index contributed by atoms with van der Waals surface area (Å²) < 4.78 is 5.90. The van der Waals surface area contributed by atoms with Gasteiger partial charge in [0.2, 0.25) is 5.91 Å². The van der Waals surface area contributed by atoms with E-state index in [1.165, 1.54) is 0 Å². The van der Waals surface area contributed by atoms with Crippen LogP contribution < -0.4 is 5.32 Å². The second-order valence-corrected chi connectivity index (χ2v) is 4.79. The molecule has 1 amide bonds. The van der Waals surface area contributed by atoms with Crippen molar-refractivity contribution in [2.45, 2.75) is 25.4 Å². The van der Waals surface area contributed by atoms with E-state index < -0.39 is 0 Å². The summed E-state index contributed by atoms with van der Waals surface area (Å²) >= 11 is 0. The van der Waals surface area contributed by atoms with Gasteiger partial charge in [-0.2, -0.15) is 0 Å². The second-order valence-electron chi connectivity index (χ2n) is 4.79. The summed E-state index contributed by atoms with van der Waals surface area (Å²) in [7, 11) is 0. The van der Waals surface area contributed by atoms with Crippen LogP contribution >= 0.6 is 0 Å². The molecule has 0 aromatic rings. The van der Waals surface area contributed by atoms with Crippen LogP contribution in [0, 0.1) is 0 Å². The number of ether oxygens (including phenoxy) is 1. The van der Waals surface area contributed by atoms with Gasteiger partial charge in [0, 0.05) is 12.1 Å². The fraction of sp³-hybridized carbons (Fsp3) is 0.750. The smallest absolute Gasteiger partial charge is 0.249 e. The Balaban J connectivity index is 2.03. The Labute approximate surface area is 96.6 Å². The lowest BCUT2D eigenvalue weighted by molar-refractivity contribution is -0.151. The van der Waals surface area contributed by atoms with Gasteiger partial charge in [-0.3, -0.25) is 4.79 Å². The summed E-state index contributed by atoms with van der Waals surface area (Å²) in [5.41, 5.74) is 0.514. The molecule has 0 saturated carbocycles. The van der Waals surface area contributed by atoms with Crippen molar-refractivity contribution in [1.82, 2.24) is 10.2 Å². The largest absolute Gasteiger partial charge is 0.371 e. The van der Waals surface area contributed by atoms with Crippen molar-refractivity contribution in [2.75, 3.05) is 32.8 Å². The summed E-state index contributed by atoms with van der Waals surface area (Å²) in [5, 5.41) is 3.32. The van der Waals surface area contributed by atoms with E-state index in [0.29, 0.717) is 18.7 Å². The third-order valence-electron chi connectivity index (χ3n) is 3.42. The number of carbonyl (C=O) groups excluding carboxylic acids is 1. The van der Waals surface area contributed by atoms with Crippen molar-refractivity contribution >= 4 is 5.91 Å². The first-order chi connectivity index (χ1) is 7.63. The quantitative estimate of drug-likeness (QED) is 0.661. The van der Waals surface area contributed by atoms with Crippen LogP contribution in [0.2, 0.25) is 0 Å². The molecule has 1 N–H and O–H groups in total. The predicted octanol–water partition coefficient (Wildman–Crippen LogP) is 0.544. The molecule has 2 rings (SSSR count). The summed E-state index contributed by atoms with van der Waals surface area (Å²) in [6, 6.07) is 0. The van der Waals surface area contributed by atoms with Crippen molar-refractivity contribution in [3.8, 4) is 0 Å². The standard InChI is InChI=1S/C12H20N2O2/c1-10(2)11(15)14-7-8-16-12(9-14)3-5-13-6-4-12/h13H,1,3-9H2,2H3. The van der Waals surface area contributed by atoms with Gasteiger partial charge in [-0.25, -0.2) is 0 Å². The summed E-state index contributed by atoms with van der Waals surface area (Å²) in [4.78, 5) is 13.8. The van der Waals surface area contributed by atoms with Gasteiger partial charge in [-0.1, -0.05) is 6.58 Å². The van der Waals surface area contributed by atoms with E-state index in [9.17, 15) is 4.79 Å². The van der Waals surface area contributed by atoms with Crippen LogP contribution in [-0.2, 0) is 9.53 Å². The number of hydrogen-bond acceptors (Lipinski definition) is 3. The molecule has 0 aromatic carbocycles. The molecule has 0 atom stereocenters. The van der Waals surface area contributed by atoms with Crippen molar-refractivity contribution in [1.29, 1.82) is 0 Å². The van der Waals surface area contributed by atoms with Gasteiger partial charge in [0.25, 0.3) is 0 Å². The van der Waals surface area contributed by atoms with Crippen LogP contribution in [0.3, 0.4) is 0 Å². The van der Waals surface area contributed by atoms with Crippen molar-refractivity contribution in [3.63, 3.8) is 0 Å². The molecule has 16 heavy (non-hydrogen) atoms. The molecule has 2 aliphatic rings. The minimum atomic E-state index is -0.103. The Kier molecular flexibility index (Phi) is 3.30. The molecule has 90 valence electrons. The highest BCUT2D eigenvalue weighted by molar-refractivity contribution is 5.92. The van der Waals surface area contributed by atoms with E-state index in [1.807, 2.05) is 4.90 Å². The van der Waals surface area contributed by atoms with Crippen molar-refractivity contribution in [3.05, 3.63) is 12.2 Å². The molecule has 0 aliphatic carbocycles. The number of hydrogen-bond donors (Lipinski definition) is 1. The van der Waals surface area contributed by atoms with Crippen LogP contribution in [-0.4, -0.2) is 49.2 Å². The van der Waals surface area contributed by atoms with E-state index in [-0.39, 0.29) is 11.5 Å². The highest BCUT2D eigenvalue weighted by atomic mass is 16.5. The zero-order valence-corrected chi connectivity index (χ0v) is 9.92. The number of nitrogens with one attached hydrogen (secondary N) is 1.